The van der Waals surface area contributed by atoms with Crippen molar-refractivity contribution in [3.8, 4) is 0 Å². The Morgan fingerprint density at radius 2 is 1.71 bits per heavy atom. The average molecular weight is 305 g/mol. The number of fused-ring (bicyclic) bond motifs is 1. The second-order valence-electron chi connectivity index (χ2n) is 5.59. The molecule has 2 aromatic rings. The fourth-order valence-corrected chi connectivity index (χ4v) is 4.19. The van der Waals surface area contributed by atoms with Crippen LogP contribution < -0.4 is 4.72 Å². The zero-order chi connectivity index (χ0) is 14.9. The molecule has 112 valence electrons. The first kappa shape index (κ1) is 14.5. The van der Waals surface area contributed by atoms with E-state index in [0.717, 1.165) is 23.6 Å². The molecule has 2 atom stereocenters. The van der Waals surface area contributed by atoms with Gasteiger partial charge in [0.25, 0.3) is 0 Å². The largest absolute Gasteiger partial charge is 0.391 e. The number of hydrogen-bond donors (Lipinski definition) is 2. The first-order valence-corrected chi connectivity index (χ1v) is 8.74. The minimum absolute atomic E-state index is 0.249. The lowest BCUT2D eigenvalue weighted by molar-refractivity contribution is 0.101. The highest BCUT2D eigenvalue weighted by atomic mass is 32.2. The molecule has 0 aliphatic heterocycles. The van der Waals surface area contributed by atoms with Crippen LogP contribution in [0.2, 0.25) is 0 Å². The number of benzene rings is 2. The lowest BCUT2D eigenvalue weighted by atomic mass is 9.93. The molecular formula is C16H19NO3S. The Balaban J connectivity index is 1.88. The summed E-state index contributed by atoms with van der Waals surface area (Å²) in [7, 11) is -3.59. The zero-order valence-corrected chi connectivity index (χ0v) is 12.5. The summed E-state index contributed by atoms with van der Waals surface area (Å²) in [6.45, 7) is 0. The van der Waals surface area contributed by atoms with E-state index in [1.54, 1.807) is 18.2 Å². The maximum absolute atomic E-state index is 12.5. The topological polar surface area (TPSA) is 66.4 Å². The van der Waals surface area contributed by atoms with Crippen LogP contribution in [0.5, 0.6) is 0 Å². The molecule has 0 amide bonds. The molecule has 1 fully saturated rings. The van der Waals surface area contributed by atoms with Crippen LogP contribution >= 0.6 is 0 Å². The smallest absolute Gasteiger partial charge is 0.240 e. The van der Waals surface area contributed by atoms with Crippen molar-refractivity contribution in [3.63, 3.8) is 0 Å². The molecule has 0 bridgehead atoms. The summed E-state index contributed by atoms with van der Waals surface area (Å²) in [6.07, 6.45) is 2.66. The first-order valence-electron chi connectivity index (χ1n) is 7.25. The van der Waals surface area contributed by atoms with Crippen molar-refractivity contribution in [2.24, 2.45) is 0 Å². The van der Waals surface area contributed by atoms with Gasteiger partial charge in [0, 0.05) is 6.04 Å². The number of hydrogen-bond acceptors (Lipinski definition) is 3. The molecule has 1 aliphatic rings. The van der Waals surface area contributed by atoms with Crippen molar-refractivity contribution in [1.29, 1.82) is 0 Å². The van der Waals surface area contributed by atoms with Gasteiger partial charge in [0.05, 0.1) is 11.0 Å². The number of aliphatic hydroxyl groups excluding tert-OH is 1. The second-order valence-corrected chi connectivity index (χ2v) is 7.30. The lowest BCUT2D eigenvalue weighted by Crippen LogP contribution is -2.44. The third-order valence-corrected chi connectivity index (χ3v) is 5.55. The molecule has 0 saturated heterocycles. The van der Waals surface area contributed by atoms with Crippen molar-refractivity contribution in [3.05, 3.63) is 42.5 Å². The summed E-state index contributed by atoms with van der Waals surface area (Å²) in [5.74, 6) is 0. The van der Waals surface area contributed by atoms with Crippen LogP contribution in [-0.4, -0.2) is 25.7 Å². The van der Waals surface area contributed by atoms with Gasteiger partial charge in [-0.05, 0) is 35.7 Å². The maximum atomic E-state index is 12.5. The second kappa shape index (κ2) is 5.75. The van der Waals surface area contributed by atoms with E-state index in [-0.39, 0.29) is 10.9 Å². The van der Waals surface area contributed by atoms with E-state index in [4.69, 9.17) is 0 Å². The zero-order valence-electron chi connectivity index (χ0n) is 11.7. The van der Waals surface area contributed by atoms with Crippen molar-refractivity contribution < 1.29 is 13.5 Å². The molecule has 5 heteroatoms. The molecule has 0 heterocycles. The molecule has 3 rings (SSSR count). The van der Waals surface area contributed by atoms with Gasteiger partial charge in [-0.25, -0.2) is 13.1 Å². The van der Waals surface area contributed by atoms with E-state index in [1.165, 1.54) is 0 Å². The molecule has 1 aliphatic carbocycles. The Labute approximate surface area is 124 Å². The highest BCUT2D eigenvalue weighted by Gasteiger charge is 2.28. The van der Waals surface area contributed by atoms with Crippen molar-refractivity contribution >= 4 is 20.8 Å². The fourth-order valence-electron chi connectivity index (χ4n) is 2.85. The lowest BCUT2D eigenvalue weighted by Gasteiger charge is -2.28. The summed E-state index contributed by atoms with van der Waals surface area (Å²) < 4.78 is 27.6. The highest BCUT2D eigenvalue weighted by Crippen LogP contribution is 2.22. The molecule has 21 heavy (non-hydrogen) atoms. The van der Waals surface area contributed by atoms with Crippen molar-refractivity contribution in [2.75, 3.05) is 0 Å². The van der Waals surface area contributed by atoms with Crippen molar-refractivity contribution in [2.45, 2.75) is 42.7 Å². The Kier molecular flexibility index (Phi) is 3.97. The number of sulfonamides is 1. The molecule has 2 unspecified atom stereocenters. The molecule has 0 spiro atoms. The maximum Gasteiger partial charge on any atom is 0.240 e. The van der Waals surface area contributed by atoms with E-state index in [0.29, 0.717) is 12.8 Å². The molecule has 2 N–H and O–H groups in total. The Bertz CT molecular complexity index is 742. The Morgan fingerprint density at radius 3 is 2.48 bits per heavy atom. The van der Waals surface area contributed by atoms with Crippen LogP contribution in [0.4, 0.5) is 0 Å². The summed E-state index contributed by atoms with van der Waals surface area (Å²) in [4.78, 5) is 0.249. The SMILES string of the molecule is O=S(=O)(NC1CCCCC1O)c1ccc2ccccc2c1. The monoisotopic (exact) mass is 305 g/mol. The van der Waals surface area contributed by atoms with E-state index in [9.17, 15) is 13.5 Å². The van der Waals surface area contributed by atoms with Crippen LogP contribution in [0.1, 0.15) is 25.7 Å². The van der Waals surface area contributed by atoms with Gasteiger partial charge in [0.15, 0.2) is 0 Å². The van der Waals surface area contributed by atoms with Crippen LogP contribution in [-0.2, 0) is 10.0 Å². The number of aliphatic hydroxyl groups is 1. The Hall–Kier alpha value is -1.43. The van der Waals surface area contributed by atoms with Gasteiger partial charge in [-0.1, -0.05) is 43.2 Å². The van der Waals surface area contributed by atoms with E-state index in [2.05, 4.69) is 4.72 Å². The molecular weight excluding hydrogens is 286 g/mol. The predicted molar refractivity (Wildman–Crippen MR) is 82.5 cm³/mol. The molecule has 4 nitrogen and oxygen atoms in total. The summed E-state index contributed by atoms with van der Waals surface area (Å²) >= 11 is 0. The van der Waals surface area contributed by atoms with Crippen LogP contribution in [0.3, 0.4) is 0 Å². The van der Waals surface area contributed by atoms with E-state index < -0.39 is 16.1 Å². The van der Waals surface area contributed by atoms with Crippen molar-refractivity contribution in [1.82, 2.24) is 4.72 Å². The standard InChI is InChI=1S/C16H19NO3S/c18-16-8-4-3-7-15(16)17-21(19,20)14-10-9-12-5-1-2-6-13(12)11-14/h1-2,5-6,9-11,15-18H,3-4,7-8H2. The third kappa shape index (κ3) is 3.10. The normalized spacial score (nSPS) is 23.3. The van der Waals surface area contributed by atoms with Gasteiger partial charge in [-0.15, -0.1) is 0 Å². The minimum atomic E-state index is -3.59. The summed E-state index contributed by atoms with van der Waals surface area (Å²) in [6, 6.07) is 12.4. The highest BCUT2D eigenvalue weighted by molar-refractivity contribution is 7.89. The predicted octanol–water partition coefficient (Wildman–Crippen LogP) is 2.42. The molecule has 2 aromatic carbocycles. The number of rotatable bonds is 3. The summed E-state index contributed by atoms with van der Waals surface area (Å²) in [5, 5.41) is 11.8. The van der Waals surface area contributed by atoms with Gasteiger partial charge in [0.1, 0.15) is 0 Å². The van der Waals surface area contributed by atoms with Crippen LogP contribution in [0.25, 0.3) is 10.8 Å². The van der Waals surface area contributed by atoms with Gasteiger partial charge < -0.3 is 5.11 Å². The van der Waals surface area contributed by atoms with Crippen LogP contribution in [0, 0.1) is 0 Å². The van der Waals surface area contributed by atoms with Gasteiger partial charge in [0.2, 0.25) is 10.0 Å². The van der Waals surface area contributed by atoms with Gasteiger partial charge in [-0.3, -0.25) is 0 Å². The Morgan fingerprint density at radius 1 is 1.00 bits per heavy atom. The molecule has 1 saturated carbocycles. The van der Waals surface area contributed by atoms with Crippen LogP contribution in [0.15, 0.2) is 47.4 Å². The quantitative estimate of drug-likeness (QED) is 0.915. The minimum Gasteiger partial charge on any atom is -0.391 e. The molecule has 0 aromatic heterocycles. The molecule has 0 radical (unpaired) electrons. The average Bonchev–Trinajstić information content (AvgIpc) is 2.49. The summed E-state index contributed by atoms with van der Waals surface area (Å²) in [5.41, 5.74) is 0. The van der Waals surface area contributed by atoms with Gasteiger partial charge >= 0.3 is 0 Å². The van der Waals surface area contributed by atoms with E-state index >= 15 is 0 Å². The van der Waals surface area contributed by atoms with E-state index in [1.807, 2.05) is 24.3 Å². The fraction of sp³-hybridized carbons (Fsp3) is 0.375. The first-order chi connectivity index (χ1) is 10.1. The number of nitrogens with one attached hydrogen (secondary N) is 1. The third-order valence-electron chi connectivity index (χ3n) is 4.07. The van der Waals surface area contributed by atoms with Gasteiger partial charge in [-0.2, -0.15) is 0 Å².